The summed E-state index contributed by atoms with van der Waals surface area (Å²) in [6.07, 6.45) is 1.92. The van der Waals surface area contributed by atoms with Crippen molar-refractivity contribution in [2.45, 2.75) is 60.3 Å². The maximum absolute atomic E-state index is 6.99. The summed E-state index contributed by atoms with van der Waals surface area (Å²) >= 11 is 0. The average molecular weight is 984 g/mol. The number of para-hydroxylation sites is 3. The van der Waals surface area contributed by atoms with Gasteiger partial charge in [-0.1, -0.05) is 107 Å². The summed E-state index contributed by atoms with van der Waals surface area (Å²) in [5, 5.41) is 2.10. The second kappa shape index (κ2) is 16.5. The number of imidazole rings is 1. The van der Waals surface area contributed by atoms with Crippen LogP contribution in [0.1, 0.15) is 67.3 Å². The number of fused-ring (bicyclic) bond motifs is 8. The maximum Gasteiger partial charge on any atom is 0.260 e. The zero-order valence-corrected chi connectivity index (χ0v) is 38.4. The summed E-state index contributed by atoms with van der Waals surface area (Å²) in [6, 6.07) is 53.1. The van der Waals surface area contributed by atoms with E-state index in [1.54, 1.807) is 0 Å². The number of rotatable bonds is 5. The molecule has 7 aromatic carbocycles. The second-order valence-corrected chi connectivity index (χ2v) is 16.9. The molecule has 0 amide bonds. The maximum atomic E-state index is 6.99. The van der Waals surface area contributed by atoms with Crippen LogP contribution >= 0.6 is 0 Å². The minimum Gasteiger partial charge on any atom is -0.458 e. The fourth-order valence-electron chi connectivity index (χ4n) is 8.94. The Hall–Kier alpha value is -6.27. The molecule has 0 unspecified atom stereocenters. The van der Waals surface area contributed by atoms with E-state index in [9.17, 15) is 0 Å². The SMILES string of the molecule is CC(C)c1cccc(C(C)C)c1-n1c(-c2[c-]cccc2)nc2ccc3cc4c5c(c3c21)Oc1ccccc1B5c1ccccc1O4.Cc1c[c-]c(-c2cc(C)c(C)cn2)cc1.[Ir]. The van der Waals surface area contributed by atoms with Crippen LogP contribution in [-0.2, 0) is 20.1 Å². The molecule has 0 spiro atoms. The molecule has 0 atom stereocenters. The predicted molar refractivity (Wildman–Crippen MR) is 251 cm³/mol. The van der Waals surface area contributed by atoms with Gasteiger partial charge in [0.2, 0.25) is 0 Å². The van der Waals surface area contributed by atoms with Crippen LogP contribution in [0.25, 0.3) is 50.1 Å². The zero-order valence-electron chi connectivity index (χ0n) is 36.0. The number of nitrogens with zero attached hydrogens (tertiary/aromatic N) is 3. The molecule has 0 bridgehead atoms. The number of ether oxygens (including phenoxy) is 2. The molecule has 0 aliphatic carbocycles. The molecule has 0 saturated carbocycles. The summed E-state index contributed by atoms with van der Waals surface area (Å²) in [5.41, 5.74) is 15.8. The standard InChI is InChI=1S/C41H32BN2O2.C14H14N.Ir/c1-24(2)28-15-12-16-29(25(3)4)38(28)44-39-32(43-41(44)26-13-6-5-7-14-26)22-21-27-23-35-37-40(36(27)39)46-34-20-11-9-18-31(34)42(37)30-17-8-10-19-33(30)45-35;1-10-4-6-13(7-5-10)14-8-11(2)12(3)9-15-14;/h5-13,15-25H,1-4H3;4-6,8-9H,1-3H3;/q2*-1;. The van der Waals surface area contributed by atoms with Crippen LogP contribution in [-0.4, -0.2) is 21.2 Å². The molecular formula is C55H46BIrN3O2-2. The summed E-state index contributed by atoms with van der Waals surface area (Å²) in [7, 11) is 0. The van der Waals surface area contributed by atoms with Crippen LogP contribution < -0.4 is 25.9 Å². The van der Waals surface area contributed by atoms with Gasteiger partial charge in [-0.3, -0.25) is 4.98 Å². The summed E-state index contributed by atoms with van der Waals surface area (Å²) in [4.78, 5) is 9.77. The molecule has 0 saturated heterocycles. The molecule has 11 rings (SSSR count). The first kappa shape index (κ1) is 41.1. The Morgan fingerprint density at radius 3 is 1.98 bits per heavy atom. The van der Waals surface area contributed by atoms with Crippen LogP contribution in [0.3, 0.4) is 0 Å². The van der Waals surface area contributed by atoms with Gasteiger partial charge in [-0.25, -0.2) is 0 Å². The van der Waals surface area contributed by atoms with Crippen molar-refractivity contribution in [2.75, 3.05) is 0 Å². The third-order valence-corrected chi connectivity index (χ3v) is 12.2. The molecule has 5 nitrogen and oxygen atoms in total. The van der Waals surface area contributed by atoms with Crippen molar-refractivity contribution in [3.8, 4) is 51.3 Å². The van der Waals surface area contributed by atoms with E-state index < -0.39 is 0 Å². The topological polar surface area (TPSA) is 49.2 Å². The largest absolute Gasteiger partial charge is 0.458 e. The van der Waals surface area contributed by atoms with Crippen LogP contribution in [0.15, 0.2) is 140 Å². The average Bonchev–Trinajstić information content (AvgIpc) is 3.67. The number of aryl methyl sites for hydroxylation is 3. The van der Waals surface area contributed by atoms with Crippen LogP contribution in [0.5, 0.6) is 23.0 Å². The Morgan fingerprint density at radius 1 is 0.645 bits per heavy atom. The van der Waals surface area contributed by atoms with Gasteiger partial charge in [0.25, 0.3) is 6.71 Å². The van der Waals surface area contributed by atoms with Crippen LogP contribution in [0.4, 0.5) is 0 Å². The van der Waals surface area contributed by atoms with E-state index in [1.807, 2.05) is 30.5 Å². The third-order valence-electron chi connectivity index (χ3n) is 12.2. The van der Waals surface area contributed by atoms with E-state index in [0.29, 0.717) is 11.8 Å². The fourth-order valence-corrected chi connectivity index (χ4v) is 8.94. The minimum atomic E-state index is -0.00738. The van der Waals surface area contributed by atoms with Crippen LogP contribution in [0.2, 0.25) is 0 Å². The van der Waals surface area contributed by atoms with E-state index in [1.165, 1.54) is 33.5 Å². The van der Waals surface area contributed by atoms with E-state index in [4.69, 9.17) is 14.5 Å². The number of hydrogen-bond acceptors (Lipinski definition) is 4. The van der Waals surface area contributed by atoms with Crippen LogP contribution in [0, 0.1) is 32.9 Å². The minimum absolute atomic E-state index is 0. The van der Waals surface area contributed by atoms with E-state index in [0.717, 1.165) is 83.8 Å². The van der Waals surface area contributed by atoms with Crippen molar-refractivity contribution in [1.29, 1.82) is 0 Å². The number of hydrogen-bond donors (Lipinski definition) is 0. The van der Waals surface area contributed by atoms with Crippen molar-refractivity contribution in [1.82, 2.24) is 14.5 Å². The molecule has 0 N–H and O–H groups in total. The Balaban J connectivity index is 0.000000260. The molecule has 1 radical (unpaired) electrons. The van der Waals surface area contributed by atoms with Gasteiger partial charge in [0, 0.05) is 42.8 Å². The van der Waals surface area contributed by atoms with Gasteiger partial charge in [0.15, 0.2) is 0 Å². The number of aromatic nitrogens is 3. The first-order valence-corrected chi connectivity index (χ1v) is 21.2. The van der Waals surface area contributed by atoms with Gasteiger partial charge in [-0.2, -0.15) is 0 Å². The number of benzene rings is 7. The molecule has 7 heteroatoms. The van der Waals surface area contributed by atoms with Gasteiger partial charge in [-0.05, 0) is 88.6 Å². The molecule has 4 heterocycles. The number of pyridine rings is 1. The molecule has 62 heavy (non-hydrogen) atoms. The van der Waals surface area contributed by atoms with Gasteiger partial charge in [-0.15, -0.1) is 71.3 Å². The van der Waals surface area contributed by atoms with E-state index in [2.05, 4.69) is 179 Å². The summed E-state index contributed by atoms with van der Waals surface area (Å²) in [5.74, 6) is 4.93. The monoisotopic (exact) mass is 984 g/mol. The smallest absolute Gasteiger partial charge is 0.260 e. The molecule has 307 valence electrons. The Morgan fingerprint density at radius 2 is 1.34 bits per heavy atom. The molecule has 2 aromatic heterocycles. The third kappa shape index (κ3) is 7.04. The molecule has 9 aromatic rings. The van der Waals surface area contributed by atoms with E-state index >= 15 is 0 Å². The molecule has 2 aliphatic heterocycles. The van der Waals surface area contributed by atoms with Crippen molar-refractivity contribution in [2.24, 2.45) is 0 Å². The van der Waals surface area contributed by atoms with Gasteiger partial charge in [0.1, 0.15) is 23.0 Å². The Labute approximate surface area is 378 Å². The predicted octanol–water partition coefficient (Wildman–Crippen LogP) is 12.1. The Bertz CT molecular complexity index is 3100. The van der Waals surface area contributed by atoms with Gasteiger partial charge < -0.3 is 19.0 Å². The second-order valence-electron chi connectivity index (χ2n) is 16.9. The van der Waals surface area contributed by atoms with Crippen molar-refractivity contribution in [3.05, 3.63) is 180 Å². The van der Waals surface area contributed by atoms with E-state index in [-0.39, 0.29) is 26.8 Å². The van der Waals surface area contributed by atoms with Gasteiger partial charge in [0.05, 0.1) is 16.9 Å². The Kier molecular flexibility index (Phi) is 11.0. The summed E-state index contributed by atoms with van der Waals surface area (Å²) < 4.78 is 16.0. The fraction of sp³-hybridized carbons (Fsp3) is 0.164. The first-order chi connectivity index (χ1) is 29.7. The van der Waals surface area contributed by atoms with Crippen molar-refractivity contribution in [3.63, 3.8) is 0 Å². The molecule has 0 fully saturated rings. The van der Waals surface area contributed by atoms with Gasteiger partial charge >= 0.3 is 0 Å². The normalized spacial score (nSPS) is 12.2. The molecule has 2 aliphatic rings. The quantitative estimate of drug-likeness (QED) is 0.127. The summed E-state index contributed by atoms with van der Waals surface area (Å²) in [6.45, 7) is 15.3. The van der Waals surface area contributed by atoms with Crippen molar-refractivity contribution < 1.29 is 29.6 Å². The van der Waals surface area contributed by atoms with Crippen molar-refractivity contribution >= 4 is 44.9 Å². The zero-order chi connectivity index (χ0) is 41.9. The first-order valence-electron chi connectivity index (χ1n) is 21.2. The molecular weight excluding hydrogens is 938 g/mol.